The first-order valence-electron chi connectivity index (χ1n) is 7.94. The summed E-state index contributed by atoms with van der Waals surface area (Å²) < 4.78 is 0. The number of aromatic nitrogens is 1. The molecule has 124 valence electrons. The van der Waals surface area contributed by atoms with Crippen molar-refractivity contribution in [1.29, 1.82) is 0 Å². The lowest BCUT2D eigenvalue weighted by Crippen LogP contribution is -2.26. The number of pyridine rings is 1. The van der Waals surface area contributed by atoms with Crippen LogP contribution < -0.4 is 16.4 Å². The van der Waals surface area contributed by atoms with E-state index in [-0.39, 0.29) is 11.8 Å². The van der Waals surface area contributed by atoms with E-state index in [2.05, 4.69) is 15.6 Å². The summed E-state index contributed by atoms with van der Waals surface area (Å²) in [6.45, 7) is 2.54. The fraction of sp³-hybridized carbons (Fsp3) is 0.278. The highest BCUT2D eigenvalue weighted by atomic mass is 16.2. The number of carbonyl (C=O) groups is 2. The number of nitrogens with zero attached hydrogens (tertiary/aromatic N) is 1. The number of hydrogen-bond donors (Lipinski definition) is 3. The van der Waals surface area contributed by atoms with Crippen LogP contribution >= 0.6 is 0 Å². The number of nitrogens with two attached hydrogens (primary N) is 1. The molecular formula is C18H20N4O2. The SMILES string of the molecule is Cc1ccc(C(=O)NCC2CC2)cc1C(=O)Nc1ccc(N)nc1. The highest BCUT2D eigenvalue weighted by molar-refractivity contribution is 6.07. The molecule has 0 bridgehead atoms. The van der Waals surface area contributed by atoms with E-state index >= 15 is 0 Å². The summed E-state index contributed by atoms with van der Waals surface area (Å²) in [5.74, 6) is 0.569. The molecule has 2 amide bonds. The molecule has 4 N–H and O–H groups in total. The summed E-state index contributed by atoms with van der Waals surface area (Å²) in [6.07, 6.45) is 3.85. The second-order valence-corrected chi connectivity index (χ2v) is 6.11. The van der Waals surface area contributed by atoms with Gasteiger partial charge in [-0.15, -0.1) is 0 Å². The minimum atomic E-state index is -0.282. The highest BCUT2D eigenvalue weighted by Crippen LogP contribution is 2.27. The van der Waals surface area contributed by atoms with Crippen molar-refractivity contribution < 1.29 is 9.59 Å². The van der Waals surface area contributed by atoms with Crippen LogP contribution in [0, 0.1) is 12.8 Å². The zero-order chi connectivity index (χ0) is 17.1. The Morgan fingerprint density at radius 3 is 2.67 bits per heavy atom. The number of rotatable bonds is 5. The molecule has 1 aliphatic carbocycles. The van der Waals surface area contributed by atoms with Gasteiger partial charge < -0.3 is 16.4 Å². The van der Waals surface area contributed by atoms with Crippen LogP contribution in [0.4, 0.5) is 11.5 Å². The van der Waals surface area contributed by atoms with Gasteiger partial charge in [0.2, 0.25) is 0 Å². The van der Waals surface area contributed by atoms with Crippen molar-refractivity contribution in [2.75, 3.05) is 17.6 Å². The Morgan fingerprint density at radius 2 is 2.00 bits per heavy atom. The minimum Gasteiger partial charge on any atom is -0.384 e. The molecule has 0 aliphatic heterocycles. The largest absolute Gasteiger partial charge is 0.384 e. The standard InChI is InChI=1S/C18H20N4O2/c1-11-2-5-13(17(23)21-9-12-3-4-12)8-15(11)18(24)22-14-6-7-16(19)20-10-14/h2,5-8,10,12H,3-4,9H2,1H3,(H2,19,20)(H,21,23)(H,22,24). The number of hydrogen-bond acceptors (Lipinski definition) is 4. The molecule has 2 aromatic rings. The molecule has 0 radical (unpaired) electrons. The number of anilines is 2. The van der Waals surface area contributed by atoms with E-state index in [1.54, 1.807) is 30.3 Å². The maximum absolute atomic E-state index is 12.5. The van der Waals surface area contributed by atoms with Crippen LogP contribution in [0.5, 0.6) is 0 Å². The molecule has 1 saturated carbocycles. The summed E-state index contributed by atoms with van der Waals surface area (Å²) in [4.78, 5) is 28.6. The predicted molar refractivity (Wildman–Crippen MR) is 92.8 cm³/mol. The Morgan fingerprint density at radius 1 is 1.21 bits per heavy atom. The maximum Gasteiger partial charge on any atom is 0.255 e. The monoisotopic (exact) mass is 324 g/mol. The topological polar surface area (TPSA) is 97.1 Å². The predicted octanol–water partition coefficient (Wildman–Crippen LogP) is 2.36. The Balaban J connectivity index is 1.73. The molecule has 0 unspecified atom stereocenters. The van der Waals surface area contributed by atoms with Gasteiger partial charge in [0.05, 0.1) is 11.9 Å². The lowest BCUT2D eigenvalue weighted by atomic mass is 10.0. The molecule has 1 aromatic heterocycles. The Hall–Kier alpha value is -2.89. The third-order valence-electron chi connectivity index (χ3n) is 4.04. The van der Waals surface area contributed by atoms with Gasteiger partial charge in [-0.25, -0.2) is 4.98 Å². The van der Waals surface area contributed by atoms with Gasteiger partial charge in [0.1, 0.15) is 5.82 Å². The van der Waals surface area contributed by atoms with Crippen molar-refractivity contribution in [2.24, 2.45) is 5.92 Å². The van der Waals surface area contributed by atoms with Gasteiger partial charge >= 0.3 is 0 Å². The van der Waals surface area contributed by atoms with Crippen LogP contribution in [0.25, 0.3) is 0 Å². The number of nitrogens with one attached hydrogen (secondary N) is 2. The van der Waals surface area contributed by atoms with Gasteiger partial charge in [0.15, 0.2) is 0 Å². The zero-order valence-electron chi connectivity index (χ0n) is 13.5. The number of benzene rings is 1. The van der Waals surface area contributed by atoms with Gasteiger partial charge in [-0.1, -0.05) is 6.07 Å². The molecule has 1 fully saturated rings. The van der Waals surface area contributed by atoms with Gasteiger partial charge in [0.25, 0.3) is 11.8 Å². The quantitative estimate of drug-likeness (QED) is 0.786. The van der Waals surface area contributed by atoms with Crippen LogP contribution in [0.3, 0.4) is 0 Å². The molecule has 1 aromatic carbocycles. The lowest BCUT2D eigenvalue weighted by molar-refractivity contribution is 0.0952. The number of amides is 2. The molecule has 3 rings (SSSR count). The average Bonchev–Trinajstić information content (AvgIpc) is 3.39. The van der Waals surface area contributed by atoms with Gasteiger partial charge in [-0.3, -0.25) is 9.59 Å². The summed E-state index contributed by atoms with van der Waals surface area (Å²) in [7, 11) is 0. The van der Waals surface area contributed by atoms with E-state index in [1.165, 1.54) is 19.0 Å². The van der Waals surface area contributed by atoms with Crippen molar-refractivity contribution in [3.05, 3.63) is 53.2 Å². The Labute approximate surface area is 140 Å². The van der Waals surface area contributed by atoms with Crippen LogP contribution in [0.15, 0.2) is 36.5 Å². The van der Waals surface area contributed by atoms with E-state index in [9.17, 15) is 9.59 Å². The molecule has 1 aliphatic rings. The van der Waals surface area contributed by atoms with Gasteiger partial charge in [0, 0.05) is 17.7 Å². The molecule has 0 atom stereocenters. The normalized spacial score (nSPS) is 13.4. The molecule has 0 spiro atoms. The molecular weight excluding hydrogens is 304 g/mol. The van der Waals surface area contributed by atoms with Gasteiger partial charge in [-0.2, -0.15) is 0 Å². The molecule has 6 nitrogen and oxygen atoms in total. The first-order chi connectivity index (χ1) is 11.5. The van der Waals surface area contributed by atoms with E-state index < -0.39 is 0 Å². The minimum absolute atomic E-state index is 0.148. The molecule has 6 heteroatoms. The van der Waals surface area contributed by atoms with Crippen molar-refractivity contribution in [1.82, 2.24) is 10.3 Å². The van der Waals surface area contributed by atoms with Crippen LogP contribution in [-0.4, -0.2) is 23.3 Å². The van der Waals surface area contributed by atoms with Crippen molar-refractivity contribution in [3.63, 3.8) is 0 Å². The fourth-order valence-corrected chi connectivity index (χ4v) is 2.35. The first kappa shape index (κ1) is 16.0. The van der Waals surface area contributed by atoms with Crippen molar-refractivity contribution in [2.45, 2.75) is 19.8 Å². The highest BCUT2D eigenvalue weighted by Gasteiger charge is 2.22. The first-order valence-corrected chi connectivity index (χ1v) is 7.94. The Bertz CT molecular complexity index is 767. The van der Waals surface area contributed by atoms with E-state index in [0.717, 1.165) is 5.56 Å². The smallest absolute Gasteiger partial charge is 0.255 e. The fourth-order valence-electron chi connectivity index (χ4n) is 2.35. The summed E-state index contributed by atoms with van der Waals surface area (Å²) in [5.41, 5.74) is 7.84. The van der Waals surface area contributed by atoms with Crippen molar-refractivity contribution in [3.8, 4) is 0 Å². The lowest BCUT2D eigenvalue weighted by Gasteiger charge is -2.10. The number of nitrogen functional groups attached to an aromatic ring is 1. The summed E-state index contributed by atoms with van der Waals surface area (Å²) >= 11 is 0. The second-order valence-electron chi connectivity index (χ2n) is 6.11. The van der Waals surface area contributed by atoms with E-state index in [0.29, 0.717) is 35.1 Å². The third-order valence-corrected chi connectivity index (χ3v) is 4.04. The maximum atomic E-state index is 12.5. The number of aryl methyl sites for hydroxylation is 1. The molecule has 0 saturated heterocycles. The average molecular weight is 324 g/mol. The second kappa shape index (κ2) is 6.70. The van der Waals surface area contributed by atoms with Crippen molar-refractivity contribution >= 4 is 23.3 Å². The Kier molecular flexibility index (Phi) is 4.46. The summed E-state index contributed by atoms with van der Waals surface area (Å²) in [6, 6.07) is 8.44. The summed E-state index contributed by atoms with van der Waals surface area (Å²) in [5, 5.41) is 5.67. The van der Waals surface area contributed by atoms with Crippen LogP contribution in [0.1, 0.15) is 39.1 Å². The van der Waals surface area contributed by atoms with E-state index in [1.807, 2.05) is 6.92 Å². The van der Waals surface area contributed by atoms with Gasteiger partial charge in [-0.05, 0) is 55.5 Å². The number of carbonyl (C=O) groups excluding carboxylic acids is 2. The van der Waals surface area contributed by atoms with E-state index in [4.69, 9.17) is 5.73 Å². The molecule has 1 heterocycles. The zero-order valence-corrected chi connectivity index (χ0v) is 13.5. The van der Waals surface area contributed by atoms with Crippen LogP contribution in [0.2, 0.25) is 0 Å². The van der Waals surface area contributed by atoms with Crippen LogP contribution in [-0.2, 0) is 0 Å². The third kappa shape index (κ3) is 3.90. The molecule has 24 heavy (non-hydrogen) atoms.